The lowest BCUT2D eigenvalue weighted by Crippen LogP contribution is -2.30. The average Bonchev–Trinajstić information content (AvgIpc) is 3.11. The predicted molar refractivity (Wildman–Crippen MR) is 131 cm³/mol. The molecule has 0 radical (unpaired) electrons. The van der Waals surface area contributed by atoms with Crippen molar-refractivity contribution in [3.05, 3.63) is 94.6 Å². The molecular formula is C28H27NO5. The van der Waals surface area contributed by atoms with Gasteiger partial charge in [-0.05, 0) is 67.8 Å². The first-order valence-corrected chi connectivity index (χ1v) is 11.1. The van der Waals surface area contributed by atoms with Crippen molar-refractivity contribution in [2.75, 3.05) is 18.6 Å². The Morgan fingerprint density at radius 1 is 0.971 bits per heavy atom. The summed E-state index contributed by atoms with van der Waals surface area (Å²) >= 11 is 0. The van der Waals surface area contributed by atoms with Crippen molar-refractivity contribution in [2.24, 2.45) is 0 Å². The van der Waals surface area contributed by atoms with Crippen LogP contribution in [0.25, 0.3) is 5.76 Å². The number of aryl methyl sites for hydroxylation is 2. The zero-order valence-corrected chi connectivity index (χ0v) is 19.7. The summed E-state index contributed by atoms with van der Waals surface area (Å²) in [5.74, 6) is -0.445. The summed E-state index contributed by atoms with van der Waals surface area (Å²) in [5, 5.41) is 11.3. The van der Waals surface area contributed by atoms with Crippen LogP contribution in [0.3, 0.4) is 0 Å². The van der Waals surface area contributed by atoms with Crippen molar-refractivity contribution in [1.29, 1.82) is 0 Å². The first kappa shape index (κ1) is 23.1. The summed E-state index contributed by atoms with van der Waals surface area (Å²) in [6.45, 7) is 6.16. The van der Waals surface area contributed by atoms with Gasteiger partial charge in [0.15, 0.2) is 0 Å². The number of ketones is 1. The Morgan fingerprint density at radius 2 is 1.71 bits per heavy atom. The molecule has 0 spiro atoms. The third kappa shape index (κ3) is 4.15. The topological polar surface area (TPSA) is 76.1 Å². The monoisotopic (exact) mass is 457 g/mol. The highest BCUT2D eigenvalue weighted by Gasteiger charge is 2.47. The van der Waals surface area contributed by atoms with Gasteiger partial charge < -0.3 is 14.6 Å². The molecule has 1 unspecified atom stereocenters. The van der Waals surface area contributed by atoms with Gasteiger partial charge in [-0.15, -0.1) is 0 Å². The molecule has 1 saturated heterocycles. The summed E-state index contributed by atoms with van der Waals surface area (Å²) in [7, 11) is 1.57. The molecule has 1 N–H and O–H groups in total. The molecule has 1 atom stereocenters. The van der Waals surface area contributed by atoms with Crippen molar-refractivity contribution in [3.63, 3.8) is 0 Å². The van der Waals surface area contributed by atoms with Crippen LogP contribution in [0.5, 0.6) is 11.5 Å². The fraction of sp³-hybridized carbons (Fsp3) is 0.214. The molecule has 174 valence electrons. The Balaban J connectivity index is 1.94. The van der Waals surface area contributed by atoms with Crippen molar-refractivity contribution >= 4 is 23.1 Å². The number of methoxy groups -OCH3 is 1. The zero-order chi connectivity index (χ0) is 24.4. The number of nitrogens with zero attached hydrogens (tertiary/aromatic N) is 1. The van der Waals surface area contributed by atoms with Gasteiger partial charge in [0.25, 0.3) is 11.7 Å². The van der Waals surface area contributed by atoms with Gasteiger partial charge in [0.2, 0.25) is 0 Å². The normalized spacial score (nSPS) is 17.2. The fourth-order valence-corrected chi connectivity index (χ4v) is 4.22. The van der Waals surface area contributed by atoms with Crippen molar-refractivity contribution < 1.29 is 24.2 Å². The number of carbonyl (C=O) groups is 2. The Kier molecular flexibility index (Phi) is 6.41. The van der Waals surface area contributed by atoms with E-state index >= 15 is 0 Å². The van der Waals surface area contributed by atoms with Crippen LogP contribution in [0.15, 0.2) is 72.3 Å². The van der Waals surface area contributed by atoms with Crippen LogP contribution in [0.4, 0.5) is 5.69 Å². The van der Waals surface area contributed by atoms with Crippen LogP contribution in [0.2, 0.25) is 0 Å². The number of Topliss-reactive ketones (excluding diaryl/α,β-unsaturated/α-hetero) is 1. The second kappa shape index (κ2) is 9.43. The van der Waals surface area contributed by atoms with Gasteiger partial charge in [-0.1, -0.05) is 36.4 Å². The van der Waals surface area contributed by atoms with E-state index in [1.807, 2.05) is 39.0 Å². The number of carbonyl (C=O) groups excluding carboxylic acids is 2. The third-order valence-corrected chi connectivity index (χ3v) is 5.92. The molecule has 6 heteroatoms. The Labute approximate surface area is 199 Å². The SMILES string of the molecule is CCOc1cccc(/C(O)=C2\C(=O)C(=O)N(c3cc(C)ccc3C)C2c2ccc(OC)cc2)c1. The van der Waals surface area contributed by atoms with E-state index in [0.29, 0.717) is 34.9 Å². The highest BCUT2D eigenvalue weighted by atomic mass is 16.5. The van der Waals surface area contributed by atoms with Gasteiger partial charge in [0.1, 0.15) is 17.3 Å². The predicted octanol–water partition coefficient (Wildman–Crippen LogP) is 5.34. The number of benzene rings is 3. The minimum Gasteiger partial charge on any atom is -0.507 e. The highest BCUT2D eigenvalue weighted by molar-refractivity contribution is 6.51. The van der Waals surface area contributed by atoms with Gasteiger partial charge in [-0.25, -0.2) is 0 Å². The lowest BCUT2D eigenvalue weighted by molar-refractivity contribution is -0.132. The maximum atomic E-state index is 13.4. The van der Waals surface area contributed by atoms with Crippen LogP contribution < -0.4 is 14.4 Å². The molecule has 1 amide bonds. The van der Waals surface area contributed by atoms with Gasteiger partial charge in [-0.2, -0.15) is 0 Å². The molecule has 3 aromatic carbocycles. The number of anilines is 1. The van der Waals surface area contributed by atoms with Crippen LogP contribution in [-0.4, -0.2) is 30.5 Å². The molecule has 1 fully saturated rings. The molecule has 6 nitrogen and oxygen atoms in total. The minimum absolute atomic E-state index is 0.0321. The molecule has 1 aliphatic heterocycles. The molecule has 4 rings (SSSR count). The Hall–Kier alpha value is -4.06. The minimum atomic E-state index is -0.804. The van der Waals surface area contributed by atoms with Crippen LogP contribution >= 0.6 is 0 Å². The van der Waals surface area contributed by atoms with Crippen molar-refractivity contribution in [2.45, 2.75) is 26.8 Å². The van der Waals surface area contributed by atoms with Crippen LogP contribution in [-0.2, 0) is 9.59 Å². The summed E-state index contributed by atoms with van der Waals surface area (Å²) in [4.78, 5) is 28.2. The third-order valence-electron chi connectivity index (χ3n) is 5.92. The van der Waals surface area contributed by atoms with Gasteiger partial charge in [0, 0.05) is 11.3 Å². The number of hydrogen-bond acceptors (Lipinski definition) is 5. The summed E-state index contributed by atoms with van der Waals surface area (Å²) in [6, 6.07) is 19.0. The quantitative estimate of drug-likeness (QED) is 0.307. The molecule has 0 aromatic heterocycles. The lowest BCUT2D eigenvalue weighted by Gasteiger charge is -2.27. The van der Waals surface area contributed by atoms with E-state index in [4.69, 9.17) is 9.47 Å². The van der Waals surface area contributed by atoms with E-state index in [9.17, 15) is 14.7 Å². The van der Waals surface area contributed by atoms with E-state index in [1.165, 1.54) is 4.90 Å². The first-order chi connectivity index (χ1) is 16.3. The maximum Gasteiger partial charge on any atom is 0.300 e. The van der Waals surface area contributed by atoms with Crippen molar-refractivity contribution in [3.8, 4) is 11.5 Å². The van der Waals surface area contributed by atoms with E-state index in [-0.39, 0.29) is 11.3 Å². The number of aliphatic hydroxyl groups excluding tert-OH is 1. The van der Waals surface area contributed by atoms with Gasteiger partial charge in [0.05, 0.1) is 25.3 Å². The van der Waals surface area contributed by atoms with Crippen LogP contribution in [0, 0.1) is 13.8 Å². The average molecular weight is 458 g/mol. The van der Waals surface area contributed by atoms with E-state index in [1.54, 1.807) is 55.6 Å². The lowest BCUT2D eigenvalue weighted by atomic mass is 9.94. The molecule has 0 bridgehead atoms. The van der Waals surface area contributed by atoms with Gasteiger partial charge in [-0.3, -0.25) is 14.5 Å². The molecule has 1 aliphatic rings. The molecule has 0 aliphatic carbocycles. The number of amides is 1. The number of rotatable bonds is 6. The Morgan fingerprint density at radius 3 is 2.38 bits per heavy atom. The molecular weight excluding hydrogens is 430 g/mol. The molecule has 34 heavy (non-hydrogen) atoms. The number of ether oxygens (including phenoxy) is 2. The molecule has 1 heterocycles. The second-order valence-electron chi connectivity index (χ2n) is 8.19. The van der Waals surface area contributed by atoms with Gasteiger partial charge >= 0.3 is 0 Å². The largest absolute Gasteiger partial charge is 0.507 e. The fourth-order valence-electron chi connectivity index (χ4n) is 4.22. The van der Waals surface area contributed by atoms with E-state index < -0.39 is 17.7 Å². The maximum absolute atomic E-state index is 13.4. The van der Waals surface area contributed by atoms with E-state index in [2.05, 4.69) is 0 Å². The standard InChI is InChI=1S/C28H27NO5/c1-5-34-22-8-6-7-20(16-22)26(30)24-25(19-11-13-21(33-4)14-12-19)29(28(32)27(24)31)23-15-17(2)9-10-18(23)3/h6-16,25,30H,5H2,1-4H3/b26-24+. The highest BCUT2D eigenvalue weighted by Crippen LogP contribution is 2.43. The van der Waals surface area contributed by atoms with Crippen molar-refractivity contribution in [1.82, 2.24) is 0 Å². The summed E-state index contributed by atoms with van der Waals surface area (Å²) in [6.07, 6.45) is 0. The number of aliphatic hydroxyl groups is 1. The summed E-state index contributed by atoms with van der Waals surface area (Å²) < 4.78 is 10.8. The first-order valence-electron chi connectivity index (χ1n) is 11.1. The Bertz CT molecular complexity index is 1280. The van der Waals surface area contributed by atoms with E-state index in [0.717, 1.165) is 11.1 Å². The smallest absolute Gasteiger partial charge is 0.300 e. The zero-order valence-electron chi connectivity index (χ0n) is 19.7. The molecule has 0 saturated carbocycles. The number of hydrogen-bond donors (Lipinski definition) is 1. The summed E-state index contributed by atoms with van der Waals surface area (Å²) in [5.41, 5.74) is 3.56. The molecule has 3 aromatic rings. The van der Waals surface area contributed by atoms with Crippen LogP contribution in [0.1, 0.15) is 35.2 Å². The second-order valence-corrected chi connectivity index (χ2v) is 8.19.